The Balaban J connectivity index is -0.000000266. The van der Waals surface area contributed by atoms with E-state index >= 15 is 0 Å². The van der Waals surface area contributed by atoms with Crippen LogP contribution in [0.1, 0.15) is 81.1 Å². The van der Waals surface area contributed by atoms with Gasteiger partial charge in [-0.3, -0.25) is 0 Å². The maximum atomic E-state index is 3.70. The molecule has 0 amide bonds. The Labute approximate surface area is 124 Å². The molecule has 0 heterocycles. The average molecular weight is 272 g/mol. The third-order valence-corrected chi connectivity index (χ3v) is 2.03. The lowest BCUT2D eigenvalue weighted by Crippen LogP contribution is -2.23. The number of hydrogen-bond acceptors (Lipinski definition) is 1. The molecule has 0 aliphatic carbocycles. The van der Waals surface area contributed by atoms with E-state index in [2.05, 4.69) is 66.9 Å². The highest BCUT2D eigenvalue weighted by Crippen LogP contribution is 2.08. The highest BCUT2D eigenvalue weighted by Gasteiger charge is 1.96. The highest BCUT2D eigenvalue weighted by atomic mass is 15.1. The van der Waals surface area contributed by atoms with Crippen molar-refractivity contribution < 1.29 is 0 Å². The summed E-state index contributed by atoms with van der Waals surface area (Å²) in [5.74, 6) is 0. The first-order valence-electron chi connectivity index (χ1n) is 8.09. The first-order valence-corrected chi connectivity index (χ1v) is 8.09. The van der Waals surface area contributed by atoms with Crippen LogP contribution in [0.3, 0.4) is 0 Å². The van der Waals surface area contributed by atoms with Gasteiger partial charge >= 0.3 is 0 Å². The first kappa shape index (κ1) is 23.8. The van der Waals surface area contributed by atoms with Crippen molar-refractivity contribution in [2.24, 2.45) is 5.41 Å². The summed E-state index contributed by atoms with van der Waals surface area (Å²) in [6.07, 6.45) is 7.02. The summed E-state index contributed by atoms with van der Waals surface area (Å²) in [5, 5.41) is 0. The Morgan fingerprint density at radius 1 is 0.895 bits per heavy atom. The molecule has 0 aliphatic rings. The van der Waals surface area contributed by atoms with Crippen LogP contribution in [-0.2, 0) is 0 Å². The molecule has 0 atom stereocenters. The summed E-state index contributed by atoms with van der Waals surface area (Å²) in [7, 11) is 0. The molecular weight excluding hydrogens is 230 g/mol. The highest BCUT2D eigenvalue weighted by molar-refractivity contribution is 4.66. The molecule has 0 N–H and O–H groups in total. The van der Waals surface area contributed by atoms with E-state index in [-0.39, 0.29) is 0 Å². The number of rotatable bonds is 7. The van der Waals surface area contributed by atoms with Gasteiger partial charge in [0.05, 0.1) is 0 Å². The molecular formula is C18H41N. The number of allylic oxidation sites excluding steroid dienone is 1. The largest absolute Gasteiger partial charge is 0.304 e. The summed E-state index contributed by atoms with van der Waals surface area (Å²) < 4.78 is 0. The Hall–Kier alpha value is -0.300. The second-order valence-corrected chi connectivity index (χ2v) is 6.52. The van der Waals surface area contributed by atoms with Crippen LogP contribution in [0, 0.1) is 5.41 Å². The van der Waals surface area contributed by atoms with Gasteiger partial charge in [-0.05, 0) is 44.3 Å². The van der Waals surface area contributed by atoms with E-state index in [1.54, 1.807) is 0 Å². The fraction of sp³-hybridized carbons (Fsp3) is 0.889. The Morgan fingerprint density at radius 3 is 1.53 bits per heavy atom. The molecule has 0 fully saturated rings. The van der Waals surface area contributed by atoms with Gasteiger partial charge in [-0.1, -0.05) is 67.9 Å². The summed E-state index contributed by atoms with van der Waals surface area (Å²) in [5.41, 5.74) is 0.500. The number of hydrogen-bond donors (Lipinski definition) is 0. The van der Waals surface area contributed by atoms with Gasteiger partial charge in [0.25, 0.3) is 0 Å². The van der Waals surface area contributed by atoms with E-state index in [9.17, 15) is 0 Å². The predicted molar refractivity (Wildman–Crippen MR) is 92.9 cm³/mol. The summed E-state index contributed by atoms with van der Waals surface area (Å²) in [4.78, 5) is 2.46. The van der Waals surface area contributed by atoms with E-state index in [1.807, 2.05) is 6.08 Å². The van der Waals surface area contributed by atoms with Crippen molar-refractivity contribution in [1.29, 1.82) is 0 Å². The molecule has 0 rings (SSSR count). The summed E-state index contributed by atoms with van der Waals surface area (Å²) in [6, 6.07) is 0. The van der Waals surface area contributed by atoms with E-state index in [0.717, 1.165) is 0 Å². The molecule has 19 heavy (non-hydrogen) atoms. The smallest absolute Gasteiger partial charge is 0.00189 e. The molecule has 0 saturated heterocycles. The van der Waals surface area contributed by atoms with Gasteiger partial charge in [0.15, 0.2) is 0 Å². The van der Waals surface area contributed by atoms with Gasteiger partial charge in [-0.25, -0.2) is 0 Å². The fourth-order valence-corrected chi connectivity index (χ4v) is 1.16. The predicted octanol–water partition coefficient (Wildman–Crippen LogP) is 6.15. The van der Waals surface area contributed by atoms with Gasteiger partial charge in [-0.15, -0.1) is 6.58 Å². The average Bonchev–Trinajstić information content (AvgIpc) is 2.28. The van der Waals surface area contributed by atoms with Crippen molar-refractivity contribution in [3.63, 3.8) is 0 Å². The molecule has 0 bridgehead atoms. The number of nitrogens with zero attached hydrogens (tertiary/aromatic N) is 1. The molecule has 118 valence electrons. The van der Waals surface area contributed by atoms with Crippen LogP contribution in [0.5, 0.6) is 0 Å². The zero-order chi connectivity index (χ0) is 15.7. The van der Waals surface area contributed by atoms with Crippen LogP contribution in [0.15, 0.2) is 12.7 Å². The topological polar surface area (TPSA) is 3.24 Å². The maximum absolute atomic E-state index is 3.70. The van der Waals surface area contributed by atoms with Crippen molar-refractivity contribution in [2.75, 3.05) is 19.6 Å². The third kappa shape index (κ3) is 46.4. The van der Waals surface area contributed by atoms with Gasteiger partial charge in [0, 0.05) is 0 Å². The van der Waals surface area contributed by atoms with E-state index < -0.39 is 0 Å². The minimum Gasteiger partial charge on any atom is -0.304 e. The monoisotopic (exact) mass is 271 g/mol. The van der Waals surface area contributed by atoms with Crippen LogP contribution in [0.2, 0.25) is 0 Å². The van der Waals surface area contributed by atoms with E-state index in [1.165, 1.54) is 45.3 Å². The molecule has 1 heteroatoms. The molecule has 0 spiro atoms. The van der Waals surface area contributed by atoms with Crippen LogP contribution in [0.25, 0.3) is 0 Å². The Kier molecular flexibility index (Phi) is 22.1. The molecule has 0 radical (unpaired) electrons. The minimum absolute atomic E-state index is 0.500. The van der Waals surface area contributed by atoms with Gasteiger partial charge in [-0.2, -0.15) is 0 Å². The normalized spacial score (nSPS) is 10.2. The lowest BCUT2D eigenvalue weighted by Gasteiger charge is -2.17. The summed E-state index contributed by atoms with van der Waals surface area (Å²) >= 11 is 0. The zero-order valence-corrected chi connectivity index (χ0v) is 15.2. The van der Waals surface area contributed by atoms with E-state index in [0.29, 0.717) is 5.41 Å². The molecule has 0 saturated carbocycles. The first-order chi connectivity index (χ1) is 8.76. The van der Waals surface area contributed by atoms with Crippen molar-refractivity contribution in [2.45, 2.75) is 81.1 Å². The lowest BCUT2D eigenvalue weighted by atomic mass is 10.0. The standard InChI is InChI=1S/C10H21N.C5H12.C3H8/c1-4-7-8-9-10-11(5-2)6-3;1-5(2,3)4;1-3-2/h4H,1,5-10H2,2-3H3;1-4H3;3H2,1-2H3. The molecule has 1 nitrogen and oxygen atoms in total. The molecule has 0 aliphatic heterocycles. The van der Waals surface area contributed by atoms with Gasteiger partial charge in [0.2, 0.25) is 0 Å². The van der Waals surface area contributed by atoms with Crippen LogP contribution in [0.4, 0.5) is 0 Å². The quantitative estimate of drug-likeness (QED) is 0.396. The van der Waals surface area contributed by atoms with Crippen LogP contribution in [-0.4, -0.2) is 24.5 Å². The Bertz CT molecular complexity index is 146. The second-order valence-electron chi connectivity index (χ2n) is 6.52. The SMILES string of the molecule is C=CCCCCN(CC)CC.CC(C)(C)C.CCC. The van der Waals surface area contributed by atoms with Crippen molar-refractivity contribution in [3.8, 4) is 0 Å². The molecule has 0 unspecified atom stereocenters. The molecule has 0 aromatic carbocycles. The van der Waals surface area contributed by atoms with Crippen LogP contribution >= 0.6 is 0 Å². The Morgan fingerprint density at radius 2 is 1.26 bits per heavy atom. The van der Waals surface area contributed by atoms with Crippen molar-refractivity contribution in [3.05, 3.63) is 12.7 Å². The zero-order valence-electron chi connectivity index (χ0n) is 15.2. The van der Waals surface area contributed by atoms with E-state index in [4.69, 9.17) is 0 Å². The lowest BCUT2D eigenvalue weighted by molar-refractivity contribution is 0.297. The molecule has 0 aromatic rings. The van der Waals surface area contributed by atoms with Crippen LogP contribution < -0.4 is 0 Å². The van der Waals surface area contributed by atoms with Crippen molar-refractivity contribution in [1.82, 2.24) is 4.90 Å². The fourth-order valence-electron chi connectivity index (χ4n) is 1.16. The summed E-state index contributed by atoms with van der Waals surface area (Å²) in [6.45, 7) is 24.8. The maximum Gasteiger partial charge on any atom is -0.00189 e. The molecule has 0 aromatic heterocycles. The van der Waals surface area contributed by atoms with Gasteiger partial charge < -0.3 is 4.90 Å². The third-order valence-electron chi connectivity index (χ3n) is 2.03. The van der Waals surface area contributed by atoms with Gasteiger partial charge in [0.1, 0.15) is 0 Å². The second kappa shape index (κ2) is 17.7. The number of unbranched alkanes of at least 4 members (excludes halogenated alkanes) is 2. The minimum atomic E-state index is 0.500. The van der Waals surface area contributed by atoms with Crippen molar-refractivity contribution >= 4 is 0 Å².